The zero-order valence-electron chi connectivity index (χ0n) is 27.3. The van der Waals surface area contributed by atoms with Gasteiger partial charge in [-0.1, -0.05) is 77.0 Å². The molecule has 1 aliphatic heterocycles. The third-order valence-electron chi connectivity index (χ3n) is 7.86. The molecule has 1 heterocycles. The maximum Gasteiger partial charge on any atom is 0.343 e. The lowest BCUT2D eigenvalue weighted by atomic mass is 10.0. The van der Waals surface area contributed by atoms with Gasteiger partial charge in [0.2, 0.25) is 6.29 Å². The Balaban J connectivity index is 1.31. The van der Waals surface area contributed by atoms with Crippen molar-refractivity contribution in [1.29, 1.82) is 0 Å². The van der Waals surface area contributed by atoms with Crippen molar-refractivity contribution in [2.24, 2.45) is 0 Å². The van der Waals surface area contributed by atoms with Crippen molar-refractivity contribution in [1.82, 2.24) is 0 Å². The van der Waals surface area contributed by atoms with Gasteiger partial charge < -0.3 is 23.7 Å². The number of carbonyl (C=O) groups excluding carboxylic acids is 3. The van der Waals surface area contributed by atoms with Gasteiger partial charge in [0.15, 0.2) is 0 Å². The summed E-state index contributed by atoms with van der Waals surface area (Å²) in [6.45, 7) is 11.5. The van der Waals surface area contributed by atoms with Gasteiger partial charge in [0.1, 0.15) is 29.5 Å². The minimum absolute atomic E-state index is 0.294. The number of hydrogen-bond donors (Lipinski definition) is 0. The van der Waals surface area contributed by atoms with Crippen LogP contribution in [-0.4, -0.2) is 36.4 Å². The maximum atomic E-state index is 12.9. The van der Waals surface area contributed by atoms with Gasteiger partial charge in [-0.05, 0) is 78.9 Å². The highest BCUT2D eigenvalue weighted by Crippen LogP contribution is 2.29. The fourth-order valence-electron chi connectivity index (χ4n) is 5.18. The minimum atomic E-state index is -0.678. The molecule has 8 heteroatoms. The number of cyclic esters (lactones) is 1. The molecule has 0 spiro atoms. The van der Waals surface area contributed by atoms with Crippen LogP contribution in [0.1, 0.15) is 82.0 Å². The number of hydrogen-bond acceptors (Lipinski definition) is 8. The van der Waals surface area contributed by atoms with Crippen LogP contribution in [-0.2, 0) is 19.1 Å². The van der Waals surface area contributed by atoms with Crippen LogP contribution < -0.4 is 14.2 Å². The molecule has 8 nitrogen and oxygen atoms in total. The second kappa shape index (κ2) is 17.7. The molecule has 248 valence electrons. The summed E-state index contributed by atoms with van der Waals surface area (Å²) in [6.07, 6.45) is 7.70. The maximum absolute atomic E-state index is 12.9. The van der Waals surface area contributed by atoms with Crippen LogP contribution in [0.3, 0.4) is 0 Å². The predicted octanol–water partition coefficient (Wildman–Crippen LogP) is 8.79. The average molecular weight is 641 g/mol. The van der Waals surface area contributed by atoms with Crippen LogP contribution in [0.5, 0.6) is 17.2 Å². The van der Waals surface area contributed by atoms with E-state index in [2.05, 4.69) is 27.0 Å². The van der Waals surface area contributed by atoms with Gasteiger partial charge in [-0.25, -0.2) is 14.4 Å². The first-order valence-corrected chi connectivity index (χ1v) is 16.4. The van der Waals surface area contributed by atoms with Crippen molar-refractivity contribution in [3.05, 3.63) is 103 Å². The Labute approximate surface area is 277 Å². The first-order valence-electron chi connectivity index (χ1n) is 16.4. The van der Waals surface area contributed by atoms with Gasteiger partial charge in [-0.15, -0.1) is 0 Å². The van der Waals surface area contributed by atoms with Crippen molar-refractivity contribution >= 4 is 17.9 Å². The number of benzene rings is 3. The summed E-state index contributed by atoms with van der Waals surface area (Å²) in [4.78, 5) is 36.5. The second-order valence-corrected chi connectivity index (χ2v) is 11.6. The summed E-state index contributed by atoms with van der Waals surface area (Å²) in [5.41, 5.74) is 2.72. The summed E-state index contributed by atoms with van der Waals surface area (Å²) in [5.74, 6) is 0.213. The van der Waals surface area contributed by atoms with E-state index in [0.29, 0.717) is 41.2 Å². The van der Waals surface area contributed by atoms with E-state index in [-0.39, 0.29) is 18.2 Å². The monoisotopic (exact) mass is 640 g/mol. The van der Waals surface area contributed by atoms with E-state index in [1.807, 2.05) is 36.4 Å². The molecule has 3 unspecified atom stereocenters. The fourth-order valence-corrected chi connectivity index (χ4v) is 5.18. The van der Waals surface area contributed by atoms with Gasteiger partial charge in [-0.2, -0.15) is 0 Å². The summed E-state index contributed by atoms with van der Waals surface area (Å²) in [7, 11) is 0. The van der Waals surface area contributed by atoms with E-state index in [4.69, 9.17) is 23.7 Å². The number of carbonyl (C=O) groups is 3. The lowest BCUT2D eigenvalue weighted by Crippen LogP contribution is -2.31. The molecule has 0 N–H and O–H groups in total. The third-order valence-corrected chi connectivity index (χ3v) is 7.86. The van der Waals surface area contributed by atoms with Crippen molar-refractivity contribution in [2.45, 2.75) is 90.1 Å². The Kier molecular flexibility index (Phi) is 13.2. The Morgan fingerprint density at radius 3 is 1.98 bits per heavy atom. The lowest BCUT2D eigenvalue weighted by molar-refractivity contribution is -0.158. The minimum Gasteiger partial charge on any atom is -0.487 e. The molecular formula is C39H44O8. The van der Waals surface area contributed by atoms with Gasteiger partial charge >= 0.3 is 17.9 Å². The van der Waals surface area contributed by atoms with Gasteiger partial charge in [0.05, 0.1) is 5.56 Å². The summed E-state index contributed by atoms with van der Waals surface area (Å²) < 4.78 is 28.6. The fraction of sp³-hybridized carbons (Fsp3) is 0.359. The first-order chi connectivity index (χ1) is 22.8. The number of unbranched alkanes of at least 4 members (excludes halogenated alkanes) is 4. The Morgan fingerprint density at radius 1 is 0.809 bits per heavy atom. The van der Waals surface area contributed by atoms with Crippen molar-refractivity contribution in [2.75, 3.05) is 0 Å². The molecule has 3 aromatic carbocycles. The highest BCUT2D eigenvalue weighted by Gasteiger charge is 2.35. The Morgan fingerprint density at radius 2 is 1.40 bits per heavy atom. The van der Waals surface area contributed by atoms with E-state index in [1.165, 1.54) is 0 Å². The molecule has 1 aliphatic rings. The average Bonchev–Trinajstić information content (AvgIpc) is 3.43. The molecule has 47 heavy (non-hydrogen) atoms. The summed E-state index contributed by atoms with van der Waals surface area (Å²) in [5, 5.41) is 0. The van der Waals surface area contributed by atoms with E-state index in [1.54, 1.807) is 36.4 Å². The first kappa shape index (κ1) is 35.0. The van der Waals surface area contributed by atoms with Crippen LogP contribution in [0.25, 0.3) is 11.1 Å². The molecule has 0 bridgehead atoms. The molecule has 0 aromatic heterocycles. The predicted molar refractivity (Wildman–Crippen MR) is 180 cm³/mol. The second-order valence-electron chi connectivity index (χ2n) is 11.6. The number of ether oxygens (including phenoxy) is 5. The van der Waals surface area contributed by atoms with E-state index < -0.39 is 18.2 Å². The van der Waals surface area contributed by atoms with E-state index in [0.717, 1.165) is 62.1 Å². The molecular weight excluding hydrogens is 596 g/mol. The topological polar surface area (TPSA) is 97.4 Å². The van der Waals surface area contributed by atoms with Gasteiger partial charge in [-0.3, -0.25) is 0 Å². The van der Waals surface area contributed by atoms with Crippen molar-refractivity contribution in [3.8, 4) is 28.4 Å². The normalized spacial score (nSPS) is 15.3. The Bertz CT molecular complexity index is 1480. The standard InChI is InChI=1S/C39H44O8/c1-5-8-10-11-13-37(47-36(40)7-3)44-32-20-14-28(15-21-32)29-16-22-33(23-17-29)45-39(42)30-18-24-31(25-19-30)43-34(12-9-6-2)35-26-27(4)38(41)46-35/h7,14-25,34-35,37H,3-6,8-13,26H2,1-2H3. The van der Waals surface area contributed by atoms with Crippen LogP contribution in [0.4, 0.5) is 0 Å². The molecule has 0 radical (unpaired) electrons. The number of rotatable bonds is 18. The summed E-state index contributed by atoms with van der Waals surface area (Å²) >= 11 is 0. The molecule has 0 aliphatic carbocycles. The van der Waals surface area contributed by atoms with Crippen LogP contribution in [0, 0.1) is 0 Å². The van der Waals surface area contributed by atoms with Crippen molar-refractivity contribution in [3.63, 3.8) is 0 Å². The summed E-state index contributed by atoms with van der Waals surface area (Å²) in [6, 6.07) is 21.5. The number of esters is 3. The molecule has 4 rings (SSSR count). The third kappa shape index (κ3) is 10.6. The van der Waals surface area contributed by atoms with E-state index >= 15 is 0 Å². The van der Waals surface area contributed by atoms with Crippen LogP contribution >= 0.6 is 0 Å². The molecule has 0 amide bonds. The molecule has 0 saturated carbocycles. The van der Waals surface area contributed by atoms with Crippen LogP contribution in [0.2, 0.25) is 0 Å². The quantitative estimate of drug-likeness (QED) is 0.0448. The smallest absolute Gasteiger partial charge is 0.343 e. The molecule has 3 aromatic rings. The zero-order chi connectivity index (χ0) is 33.6. The van der Waals surface area contributed by atoms with Gasteiger partial charge in [0, 0.05) is 24.5 Å². The zero-order valence-corrected chi connectivity index (χ0v) is 27.3. The highest BCUT2D eigenvalue weighted by atomic mass is 16.7. The van der Waals surface area contributed by atoms with Crippen molar-refractivity contribution < 1.29 is 38.1 Å². The molecule has 1 saturated heterocycles. The van der Waals surface area contributed by atoms with Gasteiger partial charge in [0.25, 0.3) is 0 Å². The lowest BCUT2D eigenvalue weighted by Gasteiger charge is -2.23. The van der Waals surface area contributed by atoms with E-state index in [9.17, 15) is 14.4 Å². The molecule has 3 atom stereocenters. The SMILES string of the molecule is C=CC(=O)OC(CCCCCC)Oc1ccc(-c2ccc(OC(=O)c3ccc(OC(CCCC)C4CC(=C)C(=O)O4)cc3)cc2)cc1. The Hall–Kier alpha value is -4.85. The largest absolute Gasteiger partial charge is 0.487 e. The van der Waals surface area contributed by atoms with Crippen LogP contribution in [0.15, 0.2) is 97.6 Å². The highest BCUT2D eigenvalue weighted by molar-refractivity contribution is 5.91. The molecule has 1 fully saturated rings.